The Kier molecular flexibility index (Phi) is 5.36. The number of carbonyl (C=O) groups is 1. The smallest absolute Gasteiger partial charge is 0.182 e. The van der Waals surface area contributed by atoms with Gasteiger partial charge >= 0.3 is 0 Å². The number of rotatable bonds is 5. The predicted octanol–water partition coefficient (Wildman–Crippen LogP) is 4.30. The first kappa shape index (κ1) is 21.8. The maximum absolute atomic E-state index is 13.3. The first-order valence-electron chi connectivity index (χ1n) is 10.6. The molecule has 5 rings (SSSR count). The zero-order valence-corrected chi connectivity index (χ0v) is 20.2. The quantitative estimate of drug-likeness (QED) is 0.640. The SMILES string of the molecule is Br.CN(C)c1cc(C(=O)CN2Cc3ccc(C4CC4)nc3C2=N)cc2c1OCC2(C)C. The number of anilines is 1. The number of halogens is 1. The van der Waals surface area contributed by atoms with Crippen molar-refractivity contribution >= 4 is 34.3 Å². The van der Waals surface area contributed by atoms with Crippen molar-refractivity contribution in [2.45, 2.75) is 44.6 Å². The van der Waals surface area contributed by atoms with Crippen molar-refractivity contribution in [2.24, 2.45) is 0 Å². The second-order valence-corrected chi connectivity index (χ2v) is 9.59. The van der Waals surface area contributed by atoms with Gasteiger partial charge in [-0.05, 0) is 31.0 Å². The van der Waals surface area contributed by atoms with Gasteiger partial charge < -0.3 is 14.5 Å². The van der Waals surface area contributed by atoms with Gasteiger partial charge in [-0.1, -0.05) is 19.9 Å². The number of hydrogen-bond acceptors (Lipinski definition) is 5. The van der Waals surface area contributed by atoms with Crippen LogP contribution in [0.2, 0.25) is 0 Å². The van der Waals surface area contributed by atoms with E-state index in [1.165, 1.54) is 12.8 Å². The first-order chi connectivity index (χ1) is 14.2. The summed E-state index contributed by atoms with van der Waals surface area (Å²) in [6.45, 7) is 5.64. The van der Waals surface area contributed by atoms with Gasteiger partial charge in [-0.25, -0.2) is 4.98 Å². The maximum atomic E-state index is 13.3. The maximum Gasteiger partial charge on any atom is 0.182 e. The molecule has 0 unspecified atom stereocenters. The van der Waals surface area contributed by atoms with Crippen LogP contribution in [0.3, 0.4) is 0 Å². The summed E-state index contributed by atoms with van der Waals surface area (Å²) in [5.41, 5.74) is 5.41. The molecule has 3 heterocycles. The number of amidine groups is 1. The van der Waals surface area contributed by atoms with Crippen molar-refractivity contribution in [3.8, 4) is 5.75 Å². The van der Waals surface area contributed by atoms with Gasteiger partial charge in [0.05, 0.1) is 18.8 Å². The molecular formula is C24H29BrN4O2. The van der Waals surface area contributed by atoms with Crippen LogP contribution >= 0.6 is 17.0 Å². The Hall–Kier alpha value is -2.41. The molecule has 1 aromatic carbocycles. The van der Waals surface area contributed by atoms with Gasteiger partial charge in [0.25, 0.3) is 0 Å². The summed E-state index contributed by atoms with van der Waals surface area (Å²) < 4.78 is 5.96. The van der Waals surface area contributed by atoms with Crippen molar-refractivity contribution < 1.29 is 9.53 Å². The number of pyridine rings is 1. The van der Waals surface area contributed by atoms with E-state index in [1.54, 1.807) is 0 Å². The molecule has 0 atom stereocenters. The second kappa shape index (κ2) is 7.62. The summed E-state index contributed by atoms with van der Waals surface area (Å²) in [6.07, 6.45) is 2.38. The highest BCUT2D eigenvalue weighted by Crippen LogP contribution is 2.45. The third kappa shape index (κ3) is 3.73. The first-order valence-corrected chi connectivity index (χ1v) is 10.6. The fourth-order valence-corrected chi connectivity index (χ4v) is 4.37. The van der Waals surface area contributed by atoms with Gasteiger partial charge in [-0.2, -0.15) is 0 Å². The lowest BCUT2D eigenvalue weighted by Gasteiger charge is -2.21. The van der Waals surface area contributed by atoms with Crippen molar-refractivity contribution in [3.05, 3.63) is 52.3 Å². The summed E-state index contributed by atoms with van der Waals surface area (Å²) in [4.78, 5) is 21.8. The number of carbonyl (C=O) groups excluding carboxylic acids is 1. The Bertz CT molecular complexity index is 1080. The molecule has 0 bridgehead atoms. The lowest BCUT2D eigenvalue weighted by Crippen LogP contribution is -2.30. The van der Waals surface area contributed by atoms with Crippen LogP contribution in [0.15, 0.2) is 24.3 Å². The highest BCUT2D eigenvalue weighted by Gasteiger charge is 2.36. The third-order valence-corrected chi connectivity index (χ3v) is 6.41. The summed E-state index contributed by atoms with van der Waals surface area (Å²) in [5, 5.41) is 8.58. The Morgan fingerprint density at radius 2 is 2.03 bits per heavy atom. The Morgan fingerprint density at radius 3 is 2.71 bits per heavy atom. The fourth-order valence-electron chi connectivity index (χ4n) is 4.37. The minimum absolute atomic E-state index is 0. The number of aromatic nitrogens is 1. The largest absolute Gasteiger partial charge is 0.490 e. The molecule has 0 amide bonds. The number of hydrogen-bond donors (Lipinski definition) is 1. The zero-order valence-electron chi connectivity index (χ0n) is 18.5. The summed E-state index contributed by atoms with van der Waals surface area (Å²) in [5.74, 6) is 1.81. The molecule has 2 aromatic rings. The monoisotopic (exact) mass is 484 g/mol. The lowest BCUT2D eigenvalue weighted by molar-refractivity contribution is 0.0962. The van der Waals surface area contributed by atoms with Crippen LogP contribution < -0.4 is 9.64 Å². The normalized spacial score (nSPS) is 18.2. The van der Waals surface area contributed by atoms with Crippen molar-refractivity contribution in [2.75, 3.05) is 32.1 Å². The highest BCUT2D eigenvalue weighted by atomic mass is 79.9. The van der Waals surface area contributed by atoms with Crippen LogP contribution in [-0.2, 0) is 12.0 Å². The van der Waals surface area contributed by atoms with Crippen LogP contribution in [0.25, 0.3) is 0 Å². The summed E-state index contributed by atoms with van der Waals surface area (Å²) >= 11 is 0. The van der Waals surface area contributed by atoms with Crippen LogP contribution in [0.1, 0.15) is 65.5 Å². The van der Waals surface area contributed by atoms with Crippen LogP contribution in [-0.4, -0.2) is 48.7 Å². The third-order valence-electron chi connectivity index (χ3n) is 6.41. The van der Waals surface area contributed by atoms with E-state index in [0.29, 0.717) is 30.5 Å². The van der Waals surface area contributed by atoms with Gasteiger partial charge in [0.1, 0.15) is 17.3 Å². The van der Waals surface area contributed by atoms with E-state index in [2.05, 4.69) is 26.0 Å². The molecule has 3 aliphatic rings. The molecule has 0 saturated heterocycles. The molecule has 1 saturated carbocycles. The number of fused-ring (bicyclic) bond motifs is 2. The molecule has 1 fully saturated rings. The highest BCUT2D eigenvalue weighted by molar-refractivity contribution is 8.93. The minimum Gasteiger partial charge on any atom is -0.490 e. The number of ketones is 1. The fraction of sp³-hybridized carbons (Fsp3) is 0.458. The molecule has 6 nitrogen and oxygen atoms in total. The van der Waals surface area contributed by atoms with Gasteiger partial charge in [0, 0.05) is 54.4 Å². The van der Waals surface area contributed by atoms with Crippen LogP contribution in [0.4, 0.5) is 5.69 Å². The Morgan fingerprint density at radius 1 is 1.29 bits per heavy atom. The summed E-state index contributed by atoms with van der Waals surface area (Å²) in [6, 6.07) is 8.06. The molecular weight excluding hydrogens is 456 g/mol. The Balaban J connectivity index is 0.00000231. The number of nitrogens with one attached hydrogen (secondary N) is 1. The standard InChI is InChI=1S/C24H28N4O2.BrH/c1-24(2)13-30-22-17(24)9-16(10-19(22)27(3)4)20(29)12-28-11-15-7-8-18(14-5-6-14)26-21(15)23(28)25;/h7-10,14,25H,5-6,11-13H2,1-4H3;1H. The molecule has 1 aliphatic carbocycles. The number of nitrogens with zero attached hydrogens (tertiary/aromatic N) is 3. The van der Waals surface area contributed by atoms with E-state index in [0.717, 1.165) is 34.0 Å². The van der Waals surface area contributed by atoms with Crippen molar-refractivity contribution in [3.63, 3.8) is 0 Å². The topological polar surface area (TPSA) is 69.5 Å². The van der Waals surface area contributed by atoms with E-state index in [4.69, 9.17) is 15.1 Å². The molecule has 1 aromatic heterocycles. The van der Waals surface area contributed by atoms with Crippen LogP contribution in [0, 0.1) is 5.41 Å². The number of Topliss-reactive ketones (excluding diaryl/α,β-unsaturated/α-hetero) is 1. The van der Waals surface area contributed by atoms with E-state index in [1.807, 2.05) is 36.0 Å². The van der Waals surface area contributed by atoms with Gasteiger partial charge in [-0.15, -0.1) is 17.0 Å². The predicted molar refractivity (Wildman–Crippen MR) is 127 cm³/mol. The number of benzene rings is 1. The second-order valence-electron chi connectivity index (χ2n) is 9.59. The molecule has 0 radical (unpaired) electrons. The number of ether oxygens (including phenoxy) is 1. The van der Waals surface area contributed by atoms with Crippen molar-refractivity contribution in [1.82, 2.24) is 9.88 Å². The average molecular weight is 485 g/mol. The molecule has 1 N–H and O–H groups in total. The molecule has 7 heteroatoms. The van der Waals surface area contributed by atoms with E-state index >= 15 is 0 Å². The molecule has 0 spiro atoms. The van der Waals surface area contributed by atoms with E-state index in [-0.39, 0.29) is 34.7 Å². The lowest BCUT2D eigenvalue weighted by atomic mass is 9.85. The van der Waals surface area contributed by atoms with Gasteiger partial charge in [0.2, 0.25) is 0 Å². The molecule has 164 valence electrons. The minimum atomic E-state index is -0.129. The van der Waals surface area contributed by atoms with Crippen molar-refractivity contribution in [1.29, 1.82) is 5.41 Å². The van der Waals surface area contributed by atoms with E-state index in [9.17, 15) is 4.79 Å². The Labute approximate surface area is 193 Å². The van der Waals surface area contributed by atoms with E-state index < -0.39 is 0 Å². The molecule has 2 aliphatic heterocycles. The zero-order chi connectivity index (χ0) is 21.2. The summed E-state index contributed by atoms with van der Waals surface area (Å²) in [7, 11) is 3.93. The van der Waals surface area contributed by atoms with Gasteiger partial charge in [-0.3, -0.25) is 10.2 Å². The molecule has 31 heavy (non-hydrogen) atoms. The van der Waals surface area contributed by atoms with Crippen LogP contribution in [0.5, 0.6) is 5.75 Å². The van der Waals surface area contributed by atoms with Gasteiger partial charge in [0.15, 0.2) is 5.78 Å². The average Bonchev–Trinajstić information content (AvgIpc) is 3.45.